The smallest absolute Gasteiger partial charge is 0.262 e. The van der Waals surface area contributed by atoms with Gasteiger partial charge < -0.3 is 10.4 Å². The van der Waals surface area contributed by atoms with E-state index in [2.05, 4.69) is 28.5 Å². The van der Waals surface area contributed by atoms with Gasteiger partial charge in [-0.2, -0.15) is 5.10 Å². The van der Waals surface area contributed by atoms with Crippen LogP contribution < -0.4 is 10.7 Å². The van der Waals surface area contributed by atoms with E-state index in [0.29, 0.717) is 18.4 Å². The maximum absolute atomic E-state index is 12.4. The Bertz CT molecular complexity index is 843. The summed E-state index contributed by atoms with van der Waals surface area (Å²) in [7, 11) is 0. The first-order valence-corrected chi connectivity index (χ1v) is 9.04. The van der Waals surface area contributed by atoms with Crippen LogP contribution in [0.15, 0.2) is 54.2 Å². The van der Waals surface area contributed by atoms with Gasteiger partial charge in [0.25, 0.3) is 5.91 Å². The van der Waals surface area contributed by atoms with Crippen molar-refractivity contribution < 1.29 is 9.90 Å². The number of hydrogen-bond acceptors (Lipinski definition) is 4. The van der Waals surface area contributed by atoms with Crippen molar-refractivity contribution in [3.05, 3.63) is 71.3 Å². The second kappa shape index (κ2) is 9.57. The number of amides is 1. The molecule has 2 rings (SSSR count). The third-order valence-corrected chi connectivity index (χ3v) is 4.33. The minimum absolute atomic E-state index is 0.149. The first-order chi connectivity index (χ1) is 13.0. The molecule has 5 heteroatoms. The number of benzene rings is 2. The van der Waals surface area contributed by atoms with Crippen molar-refractivity contribution in [1.29, 1.82) is 0 Å². The Hall–Kier alpha value is -3.08. The van der Waals surface area contributed by atoms with E-state index < -0.39 is 6.04 Å². The molecule has 0 spiro atoms. The van der Waals surface area contributed by atoms with Crippen molar-refractivity contribution in [2.75, 3.05) is 5.32 Å². The molecule has 3 N–H and O–H groups in total. The summed E-state index contributed by atoms with van der Waals surface area (Å²) >= 11 is 0. The fourth-order valence-electron chi connectivity index (χ4n) is 2.80. The van der Waals surface area contributed by atoms with Crippen molar-refractivity contribution in [1.82, 2.24) is 5.43 Å². The van der Waals surface area contributed by atoms with E-state index >= 15 is 0 Å². The Morgan fingerprint density at radius 3 is 2.74 bits per heavy atom. The highest BCUT2D eigenvalue weighted by Gasteiger charge is 2.16. The van der Waals surface area contributed by atoms with Crippen LogP contribution in [-0.2, 0) is 11.2 Å². The second-order valence-corrected chi connectivity index (χ2v) is 6.51. The minimum Gasteiger partial charge on any atom is -0.507 e. The lowest BCUT2D eigenvalue weighted by Gasteiger charge is -2.18. The Morgan fingerprint density at radius 1 is 1.30 bits per heavy atom. The summed E-state index contributed by atoms with van der Waals surface area (Å²) < 4.78 is 0. The summed E-state index contributed by atoms with van der Waals surface area (Å²) in [5, 5.41) is 17.5. The molecule has 2 aromatic rings. The van der Waals surface area contributed by atoms with Crippen LogP contribution in [0.1, 0.15) is 35.6 Å². The van der Waals surface area contributed by atoms with Gasteiger partial charge in [0.1, 0.15) is 11.8 Å². The number of nitrogens with one attached hydrogen (secondary N) is 2. The number of phenols is 1. The summed E-state index contributed by atoms with van der Waals surface area (Å²) in [6.45, 7) is 9.66. The second-order valence-electron chi connectivity index (χ2n) is 6.51. The normalized spacial score (nSPS) is 12.0. The molecule has 0 aliphatic rings. The van der Waals surface area contributed by atoms with E-state index in [1.807, 2.05) is 45.0 Å². The number of rotatable bonds is 8. The average molecular weight is 365 g/mol. The summed E-state index contributed by atoms with van der Waals surface area (Å²) in [5.74, 6) is -0.0775. The van der Waals surface area contributed by atoms with Crippen LogP contribution in [0.2, 0.25) is 0 Å². The van der Waals surface area contributed by atoms with Gasteiger partial charge in [-0.05, 0) is 49.9 Å². The summed E-state index contributed by atoms with van der Waals surface area (Å²) in [6.07, 6.45) is 4.36. The van der Waals surface area contributed by atoms with Gasteiger partial charge in [-0.1, -0.05) is 42.8 Å². The molecule has 5 nitrogen and oxygen atoms in total. The number of aryl methyl sites for hydroxylation is 2. The Labute approximate surface area is 160 Å². The minimum atomic E-state index is -0.399. The zero-order chi connectivity index (χ0) is 19.8. The molecule has 0 aliphatic heterocycles. The first kappa shape index (κ1) is 20.2. The number of carbonyl (C=O) groups is 1. The number of hydrazone groups is 1. The lowest BCUT2D eigenvalue weighted by Crippen LogP contribution is -2.37. The predicted molar refractivity (Wildman–Crippen MR) is 111 cm³/mol. The van der Waals surface area contributed by atoms with Crippen LogP contribution in [0.5, 0.6) is 5.75 Å². The number of anilines is 1. The number of para-hydroxylation sites is 1. The SMILES string of the molecule is C=CCc1cccc(C=NNC(=O)[C@H](CC)Nc2ccc(C)cc2C)c1O. The molecule has 0 unspecified atom stereocenters. The Kier molecular flexibility index (Phi) is 7.17. The highest BCUT2D eigenvalue weighted by atomic mass is 16.3. The summed E-state index contributed by atoms with van der Waals surface area (Å²) in [5.41, 5.74) is 7.06. The maximum atomic E-state index is 12.4. The molecule has 1 amide bonds. The van der Waals surface area contributed by atoms with Crippen molar-refractivity contribution in [2.24, 2.45) is 5.10 Å². The monoisotopic (exact) mass is 365 g/mol. The molecule has 0 bridgehead atoms. The van der Waals surface area contributed by atoms with Gasteiger partial charge in [0.15, 0.2) is 0 Å². The molecule has 0 aliphatic carbocycles. The molecular formula is C22H27N3O2. The van der Waals surface area contributed by atoms with Crippen molar-refractivity contribution in [3.8, 4) is 5.75 Å². The van der Waals surface area contributed by atoms with Gasteiger partial charge in [0.05, 0.1) is 6.21 Å². The van der Waals surface area contributed by atoms with Gasteiger partial charge in [0.2, 0.25) is 0 Å². The number of allylic oxidation sites excluding steroid dienone is 1. The van der Waals surface area contributed by atoms with Crippen molar-refractivity contribution in [2.45, 2.75) is 39.7 Å². The summed E-state index contributed by atoms with van der Waals surface area (Å²) in [4.78, 5) is 12.4. The molecular weight excluding hydrogens is 338 g/mol. The van der Waals surface area contributed by atoms with E-state index in [1.165, 1.54) is 11.8 Å². The Balaban J connectivity index is 2.03. The number of carbonyl (C=O) groups excluding carboxylic acids is 1. The highest BCUT2D eigenvalue weighted by Crippen LogP contribution is 2.21. The predicted octanol–water partition coefficient (Wildman–Crippen LogP) is 4.08. The molecule has 0 saturated carbocycles. The number of phenolic OH excluding ortho intramolecular Hbond substituents is 1. The highest BCUT2D eigenvalue weighted by molar-refractivity contribution is 5.88. The standard InChI is InChI=1S/C22H27N3O2/c1-5-8-17-9-7-10-18(21(17)26)14-23-25-22(27)19(6-2)24-20-12-11-15(3)13-16(20)4/h5,7,9-14,19,24,26H,1,6,8H2,2-4H3,(H,25,27)/t19-/m0/s1. The number of nitrogens with zero attached hydrogens (tertiary/aromatic N) is 1. The van der Waals surface area contributed by atoms with Crippen LogP contribution in [0.4, 0.5) is 5.69 Å². The third kappa shape index (κ3) is 5.45. The maximum Gasteiger partial charge on any atom is 0.262 e. The van der Waals surface area contributed by atoms with E-state index in [1.54, 1.807) is 12.1 Å². The number of hydrogen-bond donors (Lipinski definition) is 3. The molecule has 0 fully saturated rings. The Morgan fingerprint density at radius 2 is 2.07 bits per heavy atom. The number of aromatic hydroxyl groups is 1. The largest absolute Gasteiger partial charge is 0.507 e. The van der Waals surface area contributed by atoms with Gasteiger partial charge in [-0.3, -0.25) is 4.79 Å². The fourth-order valence-corrected chi connectivity index (χ4v) is 2.80. The van der Waals surface area contributed by atoms with Crippen LogP contribution >= 0.6 is 0 Å². The first-order valence-electron chi connectivity index (χ1n) is 9.04. The third-order valence-electron chi connectivity index (χ3n) is 4.33. The van der Waals surface area contributed by atoms with Gasteiger partial charge >= 0.3 is 0 Å². The van der Waals surface area contributed by atoms with Crippen LogP contribution in [0.3, 0.4) is 0 Å². The van der Waals surface area contributed by atoms with Crippen LogP contribution in [-0.4, -0.2) is 23.3 Å². The molecule has 2 aromatic carbocycles. The van der Waals surface area contributed by atoms with Crippen LogP contribution in [0, 0.1) is 13.8 Å². The molecule has 142 valence electrons. The van der Waals surface area contributed by atoms with E-state index in [0.717, 1.165) is 16.8 Å². The molecule has 0 heterocycles. The molecule has 27 heavy (non-hydrogen) atoms. The topological polar surface area (TPSA) is 73.7 Å². The van der Waals surface area contributed by atoms with Gasteiger partial charge in [-0.15, -0.1) is 6.58 Å². The van der Waals surface area contributed by atoms with Crippen LogP contribution in [0.25, 0.3) is 0 Å². The quantitative estimate of drug-likeness (QED) is 0.375. The van der Waals surface area contributed by atoms with Gasteiger partial charge in [0, 0.05) is 11.3 Å². The van der Waals surface area contributed by atoms with E-state index in [-0.39, 0.29) is 11.7 Å². The van der Waals surface area contributed by atoms with Crippen molar-refractivity contribution in [3.63, 3.8) is 0 Å². The van der Waals surface area contributed by atoms with Crippen molar-refractivity contribution >= 4 is 17.8 Å². The molecule has 0 saturated heterocycles. The fraction of sp³-hybridized carbons (Fsp3) is 0.273. The van der Waals surface area contributed by atoms with E-state index in [4.69, 9.17) is 0 Å². The van der Waals surface area contributed by atoms with E-state index in [9.17, 15) is 9.90 Å². The molecule has 1 atom stereocenters. The van der Waals surface area contributed by atoms with Gasteiger partial charge in [-0.25, -0.2) is 5.43 Å². The lowest BCUT2D eigenvalue weighted by atomic mass is 10.1. The molecule has 0 aromatic heterocycles. The zero-order valence-electron chi connectivity index (χ0n) is 16.1. The lowest BCUT2D eigenvalue weighted by molar-refractivity contribution is -0.121. The average Bonchev–Trinajstić information content (AvgIpc) is 2.64. The zero-order valence-corrected chi connectivity index (χ0v) is 16.1. The summed E-state index contributed by atoms with van der Waals surface area (Å²) in [6, 6.07) is 11.1. The molecule has 0 radical (unpaired) electrons.